The first-order valence-electron chi connectivity index (χ1n) is 5.26. The summed E-state index contributed by atoms with van der Waals surface area (Å²) in [4.78, 5) is 2.41. The van der Waals surface area contributed by atoms with Gasteiger partial charge in [-0.2, -0.15) is 5.10 Å². The number of rotatable bonds is 3. The maximum absolute atomic E-state index is 6.07. The van der Waals surface area contributed by atoms with E-state index >= 15 is 0 Å². The van der Waals surface area contributed by atoms with E-state index in [4.69, 9.17) is 11.6 Å². The molecule has 1 aromatic rings. The summed E-state index contributed by atoms with van der Waals surface area (Å²) in [7, 11) is 3.96. The monoisotopic (exact) mass is 264 g/mol. The molecule has 4 nitrogen and oxygen atoms in total. The number of hydrogen-bond donors (Lipinski definition) is 1. The van der Waals surface area contributed by atoms with Crippen LogP contribution >= 0.6 is 24.0 Å². The molecule has 2 rings (SSSR count). The highest BCUT2D eigenvalue weighted by molar-refractivity contribution is 6.31. The lowest BCUT2D eigenvalue weighted by atomic mass is 10.3. The number of halogens is 2. The highest BCUT2D eigenvalue weighted by atomic mass is 35.5. The van der Waals surface area contributed by atoms with E-state index in [-0.39, 0.29) is 12.4 Å². The van der Waals surface area contributed by atoms with E-state index in [1.165, 1.54) is 6.42 Å². The van der Waals surface area contributed by atoms with Crippen molar-refractivity contribution in [1.82, 2.24) is 20.0 Å². The van der Waals surface area contributed by atoms with Gasteiger partial charge >= 0.3 is 0 Å². The molecular weight excluding hydrogens is 247 g/mol. The second-order valence-electron chi connectivity index (χ2n) is 4.07. The van der Waals surface area contributed by atoms with E-state index in [1.807, 2.05) is 18.8 Å². The van der Waals surface area contributed by atoms with Crippen molar-refractivity contribution < 1.29 is 0 Å². The summed E-state index contributed by atoms with van der Waals surface area (Å²) in [5.74, 6) is 0. The molecule has 1 aliphatic rings. The van der Waals surface area contributed by atoms with Gasteiger partial charge in [0.25, 0.3) is 0 Å². The first kappa shape index (κ1) is 13.8. The van der Waals surface area contributed by atoms with Gasteiger partial charge < -0.3 is 5.32 Å². The molecule has 0 amide bonds. The van der Waals surface area contributed by atoms with Crippen molar-refractivity contribution in [3.05, 3.63) is 16.9 Å². The Hall–Kier alpha value is -0.290. The second kappa shape index (κ2) is 5.87. The maximum atomic E-state index is 6.07. The van der Waals surface area contributed by atoms with Gasteiger partial charge in [0.1, 0.15) is 0 Å². The van der Waals surface area contributed by atoms with Crippen molar-refractivity contribution in [3.8, 4) is 0 Å². The third-order valence-corrected chi connectivity index (χ3v) is 3.38. The summed E-state index contributed by atoms with van der Waals surface area (Å²) in [6.07, 6.45) is 2.93. The molecule has 0 saturated carbocycles. The minimum atomic E-state index is 0. The summed E-state index contributed by atoms with van der Waals surface area (Å²) in [5, 5.41) is 8.21. The maximum Gasteiger partial charge on any atom is 0.0831 e. The largest absolute Gasteiger partial charge is 0.316 e. The van der Waals surface area contributed by atoms with Crippen LogP contribution in [0.5, 0.6) is 0 Å². The van der Waals surface area contributed by atoms with Crippen molar-refractivity contribution in [1.29, 1.82) is 0 Å². The van der Waals surface area contributed by atoms with Gasteiger partial charge in [-0.3, -0.25) is 9.58 Å². The fourth-order valence-electron chi connectivity index (χ4n) is 2.04. The number of likely N-dealkylation sites (N-methyl/N-ethyl adjacent to an activating group) is 1. The topological polar surface area (TPSA) is 33.1 Å². The first-order chi connectivity index (χ1) is 7.20. The summed E-state index contributed by atoms with van der Waals surface area (Å²) < 4.78 is 1.86. The Labute approximate surface area is 107 Å². The Balaban J connectivity index is 0.00000128. The van der Waals surface area contributed by atoms with Crippen LogP contribution in [0.3, 0.4) is 0 Å². The smallest absolute Gasteiger partial charge is 0.0831 e. The number of likely N-dealkylation sites (tertiary alicyclic amines) is 1. The van der Waals surface area contributed by atoms with Gasteiger partial charge in [0.15, 0.2) is 0 Å². The SMILES string of the molecule is CNC1CCN(Cc2c(Cl)cnn2C)C1.Cl. The van der Waals surface area contributed by atoms with E-state index in [2.05, 4.69) is 15.3 Å². The molecule has 0 bridgehead atoms. The third kappa shape index (κ3) is 2.88. The zero-order valence-corrected chi connectivity index (χ0v) is 11.2. The van der Waals surface area contributed by atoms with E-state index in [0.717, 1.165) is 30.4 Å². The van der Waals surface area contributed by atoms with E-state index in [9.17, 15) is 0 Å². The van der Waals surface area contributed by atoms with E-state index in [1.54, 1.807) is 6.20 Å². The molecule has 0 radical (unpaired) electrons. The normalized spacial score (nSPS) is 21.1. The lowest BCUT2D eigenvalue weighted by Crippen LogP contribution is -2.29. The number of aryl methyl sites for hydroxylation is 1. The zero-order valence-electron chi connectivity index (χ0n) is 9.61. The van der Waals surface area contributed by atoms with E-state index < -0.39 is 0 Å². The van der Waals surface area contributed by atoms with Gasteiger partial charge in [-0.25, -0.2) is 0 Å². The number of aromatic nitrogens is 2. The Morgan fingerprint density at radius 1 is 1.62 bits per heavy atom. The standard InChI is InChI=1S/C10H17ClN4.ClH/c1-12-8-3-4-15(6-8)7-10-9(11)5-13-14(10)2;/h5,8,12H,3-4,6-7H2,1-2H3;1H. The van der Waals surface area contributed by atoms with Crippen LogP contribution in [0.25, 0.3) is 0 Å². The fourth-order valence-corrected chi connectivity index (χ4v) is 2.26. The van der Waals surface area contributed by atoms with Gasteiger partial charge in [-0.1, -0.05) is 11.6 Å². The van der Waals surface area contributed by atoms with E-state index in [0.29, 0.717) is 6.04 Å². The molecule has 1 fully saturated rings. The molecule has 0 aromatic carbocycles. The predicted molar refractivity (Wildman–Crippen MR) is 68.2 cm³/mol. The highest BCUT2D eigenvalue weighted by Crippen LogP contribution is 2.19. The van der Waals surface area contributed by atoms with Crippen LogP contribution < -0.4 is 5.32 Å². The fraction of sp³-hybridized carbons (Fsp3) is 0.700. The zero-order chi connectivity index (χ0) is 10.8. The van der Waals surface area contributed by atoms with Gasteiger partial charge in [-0.05, 0) is 13.5 Å². The van der Waals surface area contributed by atoms with Crippen LogP contribution in [0.4, 0.5) is 0 Å². The Kier molecular flexibility index (Phi) is 5.05. The lowest BCUT2D eigenvalue weighted by Gasteiger charge is -2.16. The molecule has 16 heavy (non-hydrogen) atoms. The van der Waals surface area contributed by atoms with Crippen molar-refractivity contribution >= 4 is 24.0 Å². The lowest BCUT2D eigenvalue weighted by molar-refractivity contribution is 0.313. The van der Waals surface area contributed by atoms with Crippen LogP contribution in [0, 0.1) is 0 Å². The Morgan fingerprint density at radius 2 is 2.38 bits per heavy atom. The minimum absolute atomic E-state index is 0. The Morgan fingerprint density at radius 3 is 2.88 bits per heavy atom. The van der Waals surface area contributed by atoms with Crippen molar-refractivity contribution in [2.24, 2.45) is 7.05 Å². The molecule has 1 aromatic heterocycles. The van der Waals surface area contributed by atoms with Gasteiger partial charge in [0, 0.05) is 32.7 Å². The number of hydrogen-bond acceptors (Lipinski definition) is 3. The number of nitrogens with zero attached hydrogens (tertiary/aromatic N) is 3. The summed E-state index contributed by atoms with van der Waals surface area (Å²) >= 11 is 6.07. The van der Waals surface area contributed by atoms with Crippen LogP contribution in [-0.4, -0.2) is 40.9 Å². The summed E-state index contributed by atoms with van der Waals surface area (Å²) in [6, 6.07) is 0.622. The van der Waals surface area contributed by atoms with Crippen molar-refractivity contribution in [2.75, 3.05) is 20.1 Å². The van der Waals surface area contributed by atoms with Crippen LogP contribution in [0.2, 0.25) is 5.02 Å². The molecular formula is C10H18Cl2N4. The minimum Gasteiger partial charge on any atom is -0.316 e. The number of nitrogens with one attached hydrogen (secondary N) is 1. The average molecular weight is 265 g/mol. The molecule has 1 N–H and O–H groups in total. The van der Waals surface area contributed by atoms with Gasteiger partial charge in [-0.15, -0.1) is 12.4 Å². The highest BCUT2D eigenvalue weighted by Gasteiger charge is 2.22. The van der Waals surface area contributed by atoms with Crippen LogP contribution in [0.1, 0.15) is 12.1 Å². The molecule has 92 valence electrons. The van der Waals surface area contributed by atoms with Gasteiger partial charge in [0.2, 0.25) is 0 Å². The van der Waals surface area contributed by atoms with Gasteiger partial charge in [0.05, 0.1) is 16.9 Å². The quantitative estimate of drug-likeness (QED) is 0.894. The molecule has 1 aliphatic heterocycles. The summed E-state index contributed by atoms with van der Waals surface area (Å²) in [5.41, 5.74) is 1.11. The van der Waals surface area contributed by atoms with Crippen LogP contribution in [0.15, 0.2) is 6.20 Å². The van der Waals surface area contributed by atoms with Crippen molar-refractivity contribution in [2.45, 2.75) is 19.0 Å². The molecule has 0 spiro atoms. The third-order valence-electron chi connectivity index (χ3n) is 3.06. The molecule has 0 aliphatic carbocycles. The first-order valence-corrected chi connectivity index (χ1v) is 5.64. The molecule has 2 heterocycles. The molecule has 6 heteroatoms. The average Bonchev–Trinajstić information content (AvgIpc) is 2.80. The molecule has 1 saturated heterocycles. The molecule has 1 atom stereocenters. The summed E-state index contributed by atoms with van der Waals surface area (Å²) in [6.45, 7) is 3.12. The molecule has 1 unspecified atom stereocenters. The van der Waals surface area contributed by atoms with Crippen LogP contribution in [-0.2, 0) is 13.6 Å². The predicted octanol–water partition coefficient (Wildman–Crippen LogP) is 1.29. The Bertz CT molecular complexity index is 320. The van der Waals surface area contributed by atoms with Crippen molar-refractivity contribution in [3.63, 3.8) is 0 Å². The second-order valence-corrected chi connectivity index (χ2v) is 4.48.